The van der Waals surface area contributed by atoms with Gasteiger partial charge in [-0.3, -0.25) is 14.4 Å². The normalized spacial score (nSPS) is 17.4. The second-order valence-corrected chi connectivity index (χ2v) is 22.4. The van der Waals surface area contributed by atoms with Gasteiger partial charge in [-0.1, -0.05) is 90.7 Å². The number of allylic oxidation sites excluding steroid dienone is 6. The van der Waals surface area contributed by atoms with E-state index >= 15 is 0 Å². The Bertz CT molecular complexity index is 3590. The molecule has 0 radical (unpaired) electrons. The summed E-state index contributed by atoms with van der Waals surface area (Å²) < 4.78 is 55.7. The average Bonchev–Trinajstić information content (AvgIpc) is 3.80. The van der Waals surface area contributed by atoms with Gasteiger partial charge in [0.1, 0.15) is 4.91 Å². The fraction of sp³-hybridized carbons (Fsp3) is 0.164. The lowest BCUT2D eigenvalue weighted by Gasteiger charge is -2.26. The minimum atomic E-state index is -3.98. The SMILES string of the molecule is O=C(c1cccc(-[n+]2ccc(-c3cc[n+](-c4cccc(C(=O)N5CCCCC5)c4)cc3)cc2)c1)N1CCCCC1.O=C1/C(=C/C=C(/C=C/C2=C([O-])c3ccccc3S2(=O)=O)c2ccccc2)S(=O)(=O)c2ccccc21. The molecule has 0 N–H and O–H groups in total. The smallest absolute Gasteiger partial charge is 0.254 e. The maximum atomic E-state index is 13.0. The number of hydrogen-bond donors (Lipinski definition) is 0. The molecule has 2 fully saturated rings. The Morgan fingerprint density at radius 2 is 0.960 bits per heavy atom. The Morgan fingerprint density at radius 1 is 0.507 bits per heavy atom. The summed E-state index contributed by atoms with van der Waals surface area (Å²) in [6, 6.07) is 44.9. The van der Waals surface area contributed by atoms with Gasteiger partial charge in [-0.05, 0) is 109 Å². The number of carbonyl (C=O) groups excluding carboxylic acids is 3. The summed E-state index contributed by atoms with van der Waals surface area (Å²) in [6.07, 6.45) is 20.2. The van der Waals surface area contributed by atoms with Crippen LogP contribution in [0.3, 0.4) is 0 Å². The second kappa shape index (κ2) is 21.6. The molecule has 0 spiro atoms. The van der Waals surface area contributed by atoms with Crippen LogP contribution < -0.4 is 14.2 Å². The number of nitrogens with zero attached hydrogens (tertiary/aromatic N) is 4. The van der Waals surface area contributed by atoms with Gasteiger partial charge in [0, 0.05) is 91.4 Å². The molecule has 75 heavy (non-hydrogen) atoms. The summed E-state index contributed by atoms with van der Waals surface area (Å²) in [6.45, 7) is 3.41. The number of sulfone groups is 2. The van der Waals surface area contributed by atoms with Gasteiger partial charge in [0.25, 0.3) is 11.8 Å². The number of benzene rings is 5. The van der Waals surface area contributed by atoms with Gasteiger partial charge in [0.15, 0.2) is 24.8 Å². The van der Waals surface area contributed by atoms with Crippen LogP contribution in [-0.2, 0) is 19.7 Å². The molecule has 0 bridgehead atoms. The highest BCUT2D eigenvalue weighted by Gasteiger charge is 2.38. The van der Waals surface area contributed by atoms with E-state index in [1.807, 2.05) is 92.3 Å². The zero-order valence-electron chi connectivity index (χ0n) is 41.0. The van der Waals surface area contributed by atoms with Gasteiger partial charge in [-0.15, -0.1) is 0 Å². The van der Waals surface area contributed by atoms with Gasteiger partial charge in [0.2, 0.25) is 36.8 Å². The molecule has 0 atom stereocenters. The zero-order chi connectivity index (χ0) is 52.1. The quantitative estimate of drug-likeness (QED) is 0.0789. The number of hydrogen-bond acceptors (Lipinski definition) is 8. The van der Waals surface area contributed by atoms with Crippen molar-refractivity contribution in [2.45, 2.75) is 48.3 Å². The van der Waals surface area contributed by atoms with Crippen molar-refractivity contribution >= 4 is 48.6 Å². The van der Waals surface area contributed by atoms with E-state index in [9.17, 15) is 36.3 Å². The Labute approximate surface area is 437 Å². The molecule has 2 amide bonds. The highest BCUT2D eigenvalue weighted by atomic mass is 32.2. The number of ketones is 1. The summed E-state index contributed by atoms with van der Waals surface area (Å²) in [5, 5.41) is 12.8. The van der Waals surface area contributed by atoms with Crippen molar-refractivity contribution in [1.82, 2.24) is 9.80 Å². The van der Waals surface area contributed by atoms with Gasteiger partial charge in [-0.25, -0.2) is 16.8 Å². The highest BCUT2D eigenvalue weighted by Crippen LogP contribution is 2.38. The number of carbonyl (C=O) groups is 3. The molecule has 4 aliphatic heterocycles. The molecular weight excluding hydrogens is 981 g/mol. The first kappa shape index (κ1) is 50.2. The molecule has 14 heteroatoms. The summed E-state index contributed by atoms with van der Waals surface area (Å²) in [7, 11) is -7.96. The minimum Gasteiger partial charge on any atom is -0.871 e. The van der Waals surface area contributed by atoms with E-state index in [0.717, 1.165) is 85.5 Å². The molecule has 4 aliphatic rings. The van der Waals surface area contributed by atoms with Crippen LogP contribution in [0.4, 0.5) is 0 Å². The van der Waals surface area contributed by atoms with Crippen LogP contribution in [-0.4, -0.2) is 70.4 Å². The van der Waals surface area contributed by atoms with Crippen molar-refractivity contribution in [2.24, 2.45) is 0 Å². The Morgan fingerprint density at radius 3 is 1.45 bits per heavy atom. The maximum Gasteiger partial charge on any atom is 0.254 e. The van der Waals surface area contributed by atoms with Crippen LogP contribution in [0.2, 0.25) is 0 Å². The highest BCUT2D eigenvalue weighted by molar-refractivity contribution is 7.97. The Balaban J connectivity index is 0.000000173. The molecule has 0 unspecified atom stereocenters. The molecule has 376 valence electrons. The van der Waals surface area contributed by atoms with E-state index in [4.69, 9.17) is 0 Å². The third kappa shape index (κ3) is 10.4. The van der Waals surface area contributed by atoms with Crippen molar-refractivity contribution in [1.29, 1.82) is 0 Å². The van der Waals surface area contributed by atoms with Crippen molar-refractivity contribution < 1.29 is 45.5 Å². The standard InChI is InChI=1S/C34H36N4O2.C27H18O6S2/c39-33(37-17-3-1-4-18-37)29-9-7-11-31(25-29)35-21-13-27(14-22-35)28-15-23-36(24-16-28)32-12-8-10-30(26-32)34(40)38-19-5-2-6-20-38;28-26-20-10-4-6-12-22(20)34(30,31)24(26)16-14-19(18-8-2-1-3-9-18)15-17-25-27(29)21-11-5-7-13-23(21)35(25,32)33/h7-16,21-26H,1-6,17-20H2;1-17,28H/q+2;/p-1/b;16-14+,19-15-,25-17-. The third-order valence-electron chi connectivity index (χ3n) is 13.9. The van der Waals surface area contributed by atoms with E-state index in [2.05, 4.69) is 24.3 Å². The van der Waals surface area contributed by atoms with Crippen molar-refractivity contribution in [2.75, 3.05) is 26.2 Å². The molecule has 6 heterocycles. The number of fused-ring (bicyclic) bond motifs is 2. The topological polar surface area (TPSA) is 157 Å². The van der Waals surface area contributed by atoms with E-state index in [-0.39, 0.29) is 42.5 Å². The minimum absolute atomic E-state index is 0.0441. The van der Waals surface area contributed by atoms with E-state index < -0.39 is 31.2 Å². The lowest BCUT2D eigenvalue weighted by atomic mass is 10.0. The van der Waals surface area contributed by atoms with Gasteiger partial charge < -0.3 is 14.9 Å². The summed E-state index contributed by atoms with van der Waals surface area (Å²) in [5.41, 5.74) is 6.93. The number of pyridine rings is 2. The van der Waals surface area contributed by atoms with Crippen LogP contribution in [0, 0.1) is 0 Å². The molecule has 0 saturated carbocycles. The van der Waals surface area contributed by atoms with Crippen LogP contribution in [0.1, 0.15) is 80.7 Å². The number of piperidine rings is 2. The summed E-state index contributed by atoms with van der Waals surface area (Å²) in [4.78, 5) is 41.8. The fourth-order valence-electron chi connectivity index (χ4n) is 9.80. The molecule has 12 nitrogen and oxygen atoms in total. The van der Waals surface area contributed by atoms with Gasteiger partial charge in [0.05, 0.1) is 14.7 Å². The lowest BCUT2D eigenvalue weighted by Crippen LogP contribution is -2.36. The summed E-state index contributed by atoms with van der Waals surface area (Å²) >= 11 is 0. The maximum absolute atomic E-state index is 13.0. The molecule has 7 aromatic rings. The molecular formula is C61H53N4O8S2+. The van der Waals surface area contributed by atoms with Gasteiger partial charge in [-0.2, -0.15) is 9.13 Å². The molecule has 2 saturated heterocycles. The fourth-order valence-corrected chi connectivity index (χ4v) is 12.9. The van der Waals surface area contributed by atoms with E-state index in [1.165, 1.54) is 61.4 Å². The largest absolute Gasteiger partial charge is 0.871 e. The zero-order valence-corrected chi connectivity index (χ0v) is 42.6. The van der Waals surface area contributed by atoms with Crippen LogP contribution in [0.15, 0.2) is 220 Å². The van der Waals surface area contributed by atoms with Crippen LogP contribution >= 0.6 is 0 Å². The molecule has 11 rings (SSSR count). The van der Waals surface area contributed by atoms with Crippen molar-refractivity contribution in [3.63, 3.8) is 0 Å². The Hall–Kier alpha value is -8.33. The lowest BCUT2D eigenvalue weighted by molar-refractivity contribution is -0.596. The predicted octanol–water partition coefficient (Wildman–Crippen LogP) is 8.86. The third-order valence-corrected chi connectivity index (χ3v) is 17.5. The van der Waals surface area contributed by atoms with Gasteiger partial charge >= 0.3 is 0 Å². The number of likely N-dealkylation sites (tertiary alicyclic amines) is 2. The van der Waals surface area contributed by atoms with E-state index in [1.54, 1.807) is 54.6 Å². The van der Waals surface area contributed by atoms with Crippen LogP contribution in [0.25, 0.3) is 33.8 Å². The van der Waals surface area contributed by atoms with Crippen LogP contribution in [0.5, 0.6) is 0 Å². The number of aromatic nitrogens is 2. The van der Waals surface area contributed by atoms with E-state index in [0.29, 0.717) is 11.1 Å². The first-order valence-electron chi connectivity index (χ1n) is 25.0. The van der Waals surface area contributed by atoms with Crippen molar-refractivity contribution in [3.05, 3.63) is 238 Å². The number of rotatable bonds is 9. The number of amides is 2. The first-order valence-corrected chi connectivity index (χ1v) is 28.0. The number of Topliss-reactive ketones (excluding diaryl/α,β-unsaturated/α-hetero) is 1. The Kier molecular flexibility index (Phi) is 14.5. The molecule has 5 aromatic carbocycles. The monoisotopic (exact) mass is 1030 g/mol. The molecule has 0 aliphatic carbocycles. The predicted molar refractivity (Wildman–Crippen MR) is 285 cm³/mol. The second-order valence-electron chi connectivity index (χ2n) is 18.7. The molecule has 2 aromatic heterocycles. The first-order chi connectivity index (χ1) is 36.4. The average molecular weight is 1030 g/mol. The summed E-state index contributed by atoms with van der Waals surface area (Å²) in [5.74, 6) is -0.964. The van der Waals surface area contributed by atoms with Crippen molar-refractivity contribution in [3.8, 4) is 22.5 Å².